The lowest BCUT2D eigenvalue weighted by molar-refractivity contribution is -0.137. The van der Waals surface area contributed by atoms with E-state index in [0.29, 0.717) is 5.56 Å². The topological polar surface area (TPSA) is 42.2 Å². The van der Waals surface area contributed by atoms with Gasteiger partial charge in [0.15, 0.2) is 0 Å². The number of nitriles is 1. The highest BCUT2D eigenvalue weighted by molar-refractivity contribution is 6.31. The standard InChI is InChI=1S/C15H9ClF3NO2/c1-21-14-7-11(3-2-9(14)8-20)22-10-4-5-13(16)12(6-10)15(17,18)19/h2-7H,1H3. The highest BCUT2D eigenvalue weighted by Crippen LogP contribution is 2.38. The van der Waals surface area contributed by atoms with Crippen LogP contribution < -0.4 is 9.47 Å². The Balaban J connectivity index is 2.34. The van der Waals surface area contributed by atoms with Crippen molar-refractivity contribution in [3.05, 3.63) is 52.5 Å². The molecule has 2 aromatic rings. The Labute approximate surface area is 129 Å². The fourth-order valence-corrected chi connectivity index (χ4v) is 1.97. The maximum Gasteiger partial charge on any atom is 0.417 e. The number of hydrogen-bond acceptors (Lipinski definition) is 3. The highest BCUT2D eigenvalue weighted by atomic mass is 35.5. The van der Waals surface area contributed by atoms with Crippen molar-refractivity contribution < 1.29 is 22.6 Å². The summed E-state index contributed by atoms with van der Waals surface area (Å²) in [5, 5.41) is 8.47. The summed E-state index contributed by atoms with van der Waals surface area (Å²) < 4.78 is 48.7. The maximum atomic E-state index is 12.8. The maximum absolute atomic E-state index is 12.8. The van der Waals surface area contributed by atoms with Crippen LogP contribution in [0.3, 0.4) is 0 Å². The Hall–Kier alpha value is -2.39. The van der Waals surface area contributed by atoms with Crippen LogP contribution in [0.4, 0.5) is 13.2 Å². The van der Waals surface area contributed by atoms with Crippen LogP contribution in [0.5, 0.6) is 17.2 Å². The Morgan fingerprint density at radius 1 is 1.09 bits per heavy atom. The van der Waals surface area contributed by atoms with Gasteiger partial charge in [-0.25, -0.2) is 0 Å². The van der Waals surface area contributed by atoms with E-state index in [0.717, 1.165) is 12.1 Å². The molecule has 0 fully saturated rings. The second-order valence-electron chi connectivity index (χ2n) is 4.22. The largest absolute Gasteiger partial charge is 0.495 e. The predicted octanol–water partition coefficient (Wildman–Crippen LogP) is 5.03. The van der Waals surface area contributed by atoms with E-state index in [9.17, 15) is 13.2 Å². The van der Waals surface area contributed by atoms with Gasteiger partial charge in [0.25, 0.3) is 0 Å². The molecule has 0 bridgehead atoms. The first-order chi connectivity index (χ1) is 10.3. The number of hydrogen-bond donors (Lipinski definition) is 0. The molecular weight excluding hydrogens is 319 g/mol. The molecular formula is C15H9ClF3NO2. The summed E-state index contributed by atoms with van der Waals surface area (Å²) in [6.07, 6.45) is -4.57. The second kappa shape index (κ2) is 6.16. The molecule has 114 valence electrons. The molecule has 0 N–H and O–H groups in total. The van der Waals surface area contributed by atoms with Gasteiger partial charge < -0.3 is 9.47 Å². The first-order valence-corrected chi connectivity index (χ1v) is 6.35. The molecule has 7 heteroatoms. The van der Waals surface area contributed by atoms with E-state index in [1.807, 2.05) is 6.07 Å². The van der Waals surface area contributed by atoms with Gasteiger partial charge in [0, 0.05) is 6.07 Å². The molecule has 0 aliphatic heterocycles. The minimum Gasteiger partial charge on any atom is -0.495 e. The van der Waals surface area contributed by atoms with Crippen LogP contribution in [0, 0.1) is 11.3 Å². The third kappa shape index (κ3) is 3.43. The molecule has 0 aliphatic carbocycles. The summed E-state index contributed by atoms with van der Waals surface area (Å²) in [5.41, 5.74) is -0.686. The van der Waals surface area contributed by atoms with Gasteiger partial charge in [-0.1, -0.05) is 11.6 Å². The number of nitrogens with zero attached hydrogens (tertiary/aromatic N) is 1. The van der Waals surface area contributed by atoms with Crippen LogP contribution in [-0.4, -0.2) is 7.11 Å². The molecule has 2 aromatic carbocycles. The molecule has 3 nitrogen and oxygen atoms in total. The van der Waals surface area contributed by atoms with Crippen molar-refractivity contribution in [2.24, 2.45) is 0 Å². The lowest BCUT2D eigenvalue weighted by Crippen LogP contribution is -2.05. The lowest BCUT2D eigenvalue weighted by Gasteiger charge is -2.12. The van der Waals surface area contributed by atoms with Gasteiger partial charge in [0.05, 0.1) is 23.3 Å². The van der Waals surface area contributed by atoms with Gasteiger partial charge in [0.1, 0.15) is 23.3 Å². The van der Waals surface area contributed by atoms with Crippen molar-refractivity contribution in [2.75, 3.05) is 7.11 Å². The Morgan fingerprint density at radius 3 is 2.32 bits per heavy atom. The Bertz CT molecular complexity index is 739. The molecule has 2 rings (SSSR count). The minimum absolute atomic E-state index is 0.0246. The lowest BCUT2D eigenvalue weighted by atomic mass is 10.2. The molecule has 0 heterocycles. The van der Waals surface area contributed by atoms with Crippen molar-refractivity contribution in [2.45, 2.75) is 6.18 Å². The average molecular weight is 328 g/mol. The van der Waals surface area contributed by atoms with E-state index < -0.39 is 16.8 Å². The van der Waals surface area contributed by atoms with Crippen molar-refractivity contribution in [3.63, 3.8) is 0 Å². The number of rotatable bonds is 3. The third-order valence-electron chi connectivity index (χ3n) is 2.77. The molecule has 0 saturated heterocycles. The molecule has 0 spiro atoms. The monoisotopic (exact) mass is 327 g/mol. The summed E-state index contributed by atoms with van der Waals surface area (Å²) >= 11 is 5.54. The highest BCUT2D eigenvalue weighted by Gasteiger charge is 2.33. The van der Waals surface area contributed by atoms with Crippen molar-refractivity contribution >= 4 is 11.6 Å². The predicted molar refractivity (Wildman–Crippen MR) is 74.2 cm³/mol. The zero-order valence-electron chi connectivity index (χ0n) is 11.2. The summed E-state index contributed by atoms with van der Waals surface area (Å²) in [6.45, 7) is 0. The number of ether oxygens (including phenoxy) is 2. The van der Waals surface area contributed by atoms with E-state index in [1.165, 1.54) is 31.4 Å². The van der Waals surface area contributed by atoms with Crippen LogP contribution in [0.1, 0.15) is 11.1 Å². The van der Waals surface area contributed by atoms with Crippen LogP contribution in [0.25, 0.3) is 0 Å². The van der Waals surface area contributed by atoms with Crippen LogP contribution in [0.15, 0.2) is 36.4 Å². The molecule has 0 aromatic heterocycles. The fourth-order valence-electron chi connectivity index (χ4n) is 1.75. The van der Waals surface area contributed by atoms with Gasteiger partial charge in [-0.05, 0) is 30.3 Å². The Morgan fingerprint density at radius 2 is 1.73 bits per heavy atom. The summed E-state index contributed by atoms with van der Waals surface area (Å²) in [7, 11) is 1.38. The number of halogens is 4. The van der Waals surface area contributed by atoms with E-state index in [1.54, 1.807) is 0 Å². The molecule has 0 unspecified atom stereocenters. The zero-order chi connectivity index (χ0) is 16.3. The van der Waals surface area contributed by atoms with Crippen molar-refractivity contribution in [1.29, 1.82) is 5.26 Å². The Kier molecular flexibility index (Phi) is 4.48. The van der Waals surface area contributed by atoms with Gasteiger partial charge >= 0.3 is 6.18 Å². The second-order valence-corrected chi connectivity index (χ2v) is 4.62. The molecule has 0 amide bonds. The smallest absolute Gasteiger partial charge is 0.417 e. The summed E-state index contributed by atoms with van der Waals surface area (Å²) in [4.78, 5) is 0. The van der Waals surface area contributed by atoms with E-state index in [2.05, 4.69) is 0 Å². The fraction of sp³-hybridized carbons (Fsp3) is 0.133. The van der Waals surface area contributed by atoms with Crippen molar-refractivity contribution in [3.8, 4) is 23.3 Å². The number of benzene rings is 2. The minimum atomic E-state index is -4.57. The third-order valence-corrected chi connectivity index (χ3v) is 3.10. The molecule has 0 aliphatic rings. The van der Waals surface area contributed by atoms with E-state index in [-0.39, 0.29) is 17.2 Å². The normalized spacial score (nSPS) is 10.9. The molecule has 0 saturated carbocycles. The van der Waals surface area contributed by atoms with E-state index in [4.69, 9.17) is 26.3 Å². The molecule has 22 heavy (non-hydrogen) atoms. The van der Waals surface area contributed by atoms with E-state index >= 15 is 0 Å². The van der Waals surface area contributed by atoms with Gasteiger partial charge in [-0.2, -0.15) is 18.4 Å². The summed E-state index contributed by atoms with van der Waals surface area (Å²) in [5.74, 6) is 0.486. The average Bonchev–Trinajstić information content (AvgIpc) is 2.48. The first-order valence-electron chi connectivity index (χ1n) is 5.98. The number of methoxy groups -OCH3 is 1. The molecule has 0 radical (unpaired) electrons. The van der Waals surface area contributed by atoms with Crippen LogP contribution in [-0.2, 0) is 6.18 Å². The summed E-state index contributed by atoms with van der Waals surface area (Å²) in [6, 6.07) is 9.50. The van der Waals surface area contributed by atoms with Gasteiger partial charge in [0.2, 0.25) is 0 Å². The molecule has 0 atom stereocenters. The van der Waals surface area contributed by atoms with Gasteiger partial charge in [-0.3, -0.25) is 0 Å². The SMILES string of the molecule is COc1cc(Oc2ccc(Cl)c(C(F)(F)F)c2)ccc1C#N. The number of alkyl halides is 3. The quantitative estimate of drug-likeness (QED) is 0.794. The van der Waals surface area contributed by atoms with Crippen molar-refractivity contribution in [1.82, 2.24) is 0 Å². The van der Waals surface area contributed by atoms with Crippen LogP contribution in [0.2, 0.25) is 5.02 Å². The zero-order valence-corrected chi connectivity index (χ0v) is 12.0. The van der Waals surface area contributed by atoms with Crippen LogP contribution >= 0.6 is 11.6 Å². The van der Waals surface area contributed by atoms with Gasteiger partial charge in [-0.15, -0.1) is 0 Å². The first kappa shape index (κ1) is 16.0.